The number of aromatic amines is 1. The van der Waals surface area contributed by atoms with Crippen molar-refractivity contribution in [1.82, 2.24) is 15.0 Å². The first kappa shape index (κ1) is 19.0. The fraction of sp³-hybridized carbons (Fsp3) is 0.444. The number of rotatable bonds is 8. The number of benzene rings is 1. The molecule has 0 spiro atoms. The highest BCUT2D eigenvalue weighted by Gasteiger charge is 2.09. The van der Waals surface area contributed by atoms with Crippen molar-refractivity contribution >= 4 is 0 Å². The Bertz CT molecular complexity index is 772. The van der Waals surface area contributed by atoms with Crippen LogP contribution < -0.4 is 21.5 Å². The molecule has 0 amide bonds. The van der Waals surface area contributed by atoms with Crippen LogP contribution >= 0.6 is 0 Å². The Morgan fingerprint density at radius 1 is 1.08 bits per heavy atom. The van der Waals surface area contributed by atoms with Gasteiger partial charge in [-0.3, -0.25) is 19.2 Å². The number of H-pyrrole nitrogens is 1. The Hall–Kier alpha value is -2.38. The van der Waals surface area contributed by atoms with E-state index in [0.29, 0.717) is 12.3 Å². The molecule has 7 heteroatoms. The van der Waals surface area contributed by atoms with E-state index in [9.17, 15) is 9.59 Å². The Balaban J connectivity index is 1.75. The molecule has 136 valence electrons. The van der Waals surface area contributed by atoms with E-state index in [1.165, 1.54) is 16.8 Å². The predicted molar refractivity (Wildman–Crippen MR) is 96.2 cm³/mol. The van der Waals surface area contributed by atoms with Gasteiger partial charge in [0.05, 0.1) is 17.9 Å². The maximum Gasteiger partial charge on any atom is 0.332 e. The highest BCUT2D eigenvalue weighted by molar-refractivity contribution is 5.37. The van der Waals surface area contributed by atoms with E-state index in [4.69, 9.17) is 9.57 Å². The van der Waals surface area contributed by atoms with Crippen LogP contribution in [0.25, 0.3) is 5.69 Å². The Morgan fingerprint density at radius 3 is 2.44 bits per heavy atom. The molecule has 0 bridgehead atoms. The minimum absolute atomic E-state index is 0.189. The van der Waals surface area contributed by atoms with Crippen molar-refractivity contribution in [2.45, 2.75) is 39.2 Å². The van der Waals surface area contributed by atoms with Gasteiger partial charge in [0.1, 0.15) is 5.75 Å². The second kappa shape index (κ2) is 8.64. The summed E-state index contributed by atoms with van der Waals surface area (Å²) < 4.78 is 7.05. The predicted octanol–water partition coefficient (Wildman–Crippen LogP) is 2.00. The summed E-state index contributed by atoms with van der Waals surface area (Å²) in [4.78, 5) is 30.5. The summed E-state index contributed by atoms with van der Waals surface area (Å²) in [6, 6.07) is 8.45. The maximum absolute atomic E-state index is 11.7. The zero-order chi connectivity index (χ0) is 18.3. The topological polar surface area (TPSA) is 85.3 Å². The molecule has 0 saturated carbocycles. The zero-order valence-electron chi connectivity index (χ0n) is 14.9. The van der Waals surface area contributed by atoms with E-state index in [-0.39, 0.29) is 5.60 Å². The minimum atomic E-state index is -0.467. The molecule has 7 nitrogen and oxygen atoms in total. The lowest BCUT2D eigenvalue weighted by Crippen LogP contribution is -2.29. The van der Waals surface area contributed by atoms with Crippen molar-refractivity contribution < 1.29 is 9.57 Å². The fourth-order valence-electron chi connectivity index (χ4n) is 2.08. The van der Waals surface area contributed by atoms with Gasteiger partial charge in [-0.25, -0.2) is 10.3 Å². The van der Waals surface area contributed by atoms with E-state index in [1.54, 1.807) is 24.3 Å². The van der Waals surface area contributed by atoms with Gasteiger partial charge < -0.3 is 4.74 Å². The molecular formula is C18H25N3O4. The smallest absolute Gasteiger partial charge is 0.332 e. The normalized spacial score (nSPS) is 11.5. The molecule has 0 saturated heterocycles. The molecule has 2 N–H and O–H groups in total. The first-order valence-electron chi connectivity index (χ1n) is 8.31. The molecule has 0 aliphatic rings. The van der Waals surface area contributed by atoms with Crippen LogP contribution in [0, 0.1) is 0 Å². The van der Waals surface area contributed by atoms with Gasteiger partial charge in [0.2, 0.25) is 0 Å². The number of aromatic nitrogens is 2. The molecule has 0 fully saturated rings. The van der Waals surface area contributed by atoms with Gasteiger partial charge in [-0.1, -0.05) is 0 Å². The largest absolute Gasteiger partial charge is 0.494 e. The highest BCUT2D eigenvalue weighted by atomic mass is 16.7. The van der Waals surface area contributed by atoms with E-state index in [0.717, 1.165) is 25.1 Å². The number of ether oxygens (including phenoxy) is 1. The summed E-state index contributed by atoms with van der Waals surface area (Å²) in [7, 11) is 0. The van der Waals surface area contributed by atoms with Gasteiger partial charge in [-0.05, 0) is 57.9 Å². The monoisotopic (exact) mass is 347 g/mol. The standard InChI is InChI=1S/C18H25N3O4/c1-18(2,3)25-19-11-4-5-13-24-15-8-6-14(7-9-15)21-12-10-16(22)20-17(21)23/h6-10,12,19H,4-5,11,13H2,1-3H3,(H,20,22,23). The highest BCUT2D eigenvalue weighted by Crippen LogP contribution is 2.14. The molecule has 0 aliphatic carbocycles. The first-order valence-corrected chi connectivity index (χ1v) is 8.31. The number of nitrogens with zero attached hydrogens (tertiary/aromatic N) is 1. The molecule has 1 aromatic heterocycles. The van der Waals surface area contributed by atoms with Crippen LogP contribution in [0.2, 0.25) is 0 Å². The summed E-state index contributed by atoms with van der Waals surface area (Å²) in [5.74, 6) is 0.736. The van der Waals surface area contributed by atoms with Crippen molar-refractivity contribution in [2.75, 3.05) is 13.2 Å². The SMILES string of the molecule is CC(C)(C)ONCCCCOc1ccc(-n2ccc(=O)[nH]c2=O)cc1. The van der Waals surface area contributed by atoms with Gasteiger partial charge >= 0.3 is 5.69 Å². The van der Waals surface area contributed by atoms with E-state index >= 15 is 0 Å². The molecule has 0 atom stereocenters. The van der Waals surface area contributed by atoms with Crippen LogP contribution in [0.15, 0.2) is 46.1 Å². The van der Waals surface area contributed by atoms with E-state index < -0.39 is 11.2 Å². The summed E-state index contributed by atoms with van der Waals surface area (Å²) in [5, 5.41) is 0. The number of hydrogen-bond acceptors (Lipinski definition) is 5. The average Bonchev–Trinajstić information content (AvgIpc) is 2.54. The molecule has 2 rings (SSSR count). The Morgan fingerprint density at radius 2 is 1.80 bits per heavy atom. The maximum atomic E-state index is 11.7. The lowest BCUT2D eigenvalue weighted by molar-refractivity contribution is -0.0727. The van der Waals surface area contributed by atoms with Crippen LogP contribution in [-0.2, 0) is 4.84 Å². The van der Waals surface area contributed by atoms with E-state index in [1.807, 2.05) is 20.8 Å². The van der Waals surface area contributed by atoms with Crippen molar-refractivity contribution in [3.05, 3.63) is 57.4 Å². The molecule has 2 aromatic rings. The molecule has 1 aromatic carbocycles. The van der Waals surface area contributed by atoms with Crippen LogP contribution in [0.3, 0.4) is 0 Å². The third-order valence-electron chi connectivity index (χ3n) is 3.26. The van der Waals surface area contributed by atoms with Crippen molar-refractivity contribution in [2.24, 2.45) is 0 Å². The van der Waals surface area contributed by atoms with Crippen LogP contribution in [-0.4, -0.2) is 28.3 Å². The number of nitrogens with one attached hydrogen (secondary N) is 2. The summed E-state index contributed by atoms with van der Waals surface area (Å²) in [6.07, 6.45) is 3.30. The van der Waals surface area contributed by atoms with Crippen molar-refractivity contribution in [3.63, 3.8) is 0 Å². The van der Waals surface area contributed by atoms with Crippen molar-refractivity contribution in [1.29, 1.82) is 0 Å². The minimum Gasteiger partial charge on any atom is -0.494 e. The quantitative estimate of drug-likeness (QED) is 0.563. The second-order valence-electron chi connectivity index (χ2n) is 6.64. The molecular weight excluding hydrogens is 322 g/mol. The van der Waals surface area contributed by atoms with Gasteiger partial charge in [-0.2, -0.15) is 0 Å². The van der Waals surface area contributed by atoms with Crippen LogP contribution in [0.5, 0.6) is 5.75 Å². The number of unbranched alkanes of at least 4 members (excludes halogenated alkanes) is 1. The van der Waals surface area contributed by atoms with Gasteiger partial charge in [-0.15, -0.1) is 0 Å². The fourth-order valence-corrected chi connectivity index (χ4v) is 2.08. The van der Waals surface area contributed by atoms with Gasteiger partial charge in [0.25, 0.3) is 5.56 Å². The molecule has 0 aliphatic heterocycles. The zero-order valence-corrected chi connectivity index (χ0v) is 14.9. The van der Waals surface area contributed by atoms with Gasteiger partial charge in [0.15, 0.2) is 0 Å². The number of hydrogen-bond donors (Lipinski definition) is 2. The lowest BCUT2D eigenvalue weighted by atomic mass is 10.2. The van der Waals surface area contributed by atoms with Gasteiger partial charge in [0, 0.05) is 18.8 Å². The number of hydroxylamine groups is 1. The first-order chi connectivity index (χ1) is 11.8. The Kier molecular flexibility index (Phi) is 6.55. The second-order valence-corrected chi connectivity index (χ2v) is 6.64. The molecule has 25 heavy (non-hydrogen) atoms. The van der Waals surface area contributed by atoms with Crippen molar-refractivity contribution in [3.8, 4) is 11.4 Å². The third kappa shape index (κ3) is 6.56. The van der Waals surface area contributed by atoms with E-state index in [2.05, 4.69) is 10.5 Å². The summed E-state index contributed by atoms with van der Waals surface area (Å²) in [5.41, 5.74) is 2.54. The lowest BCUT2D eigenvalue weighted by Gasteiger charge is -2.19. The third-order valence-corrected chi connectivity index (χ3v) is 3.26. The molecule has 1 heterocycles. The summed E-state index contributed by atoms with van der Waals surface area (Å²) >= 11 is 0. The average molecular weight is 347 g/mol. The Labute approximate surface area is 146 Å². The van der Waals surface area contributed by atoms with Crippen LogP contribution in [0.1, 0.15) is 33.6 Å². The molecule has 0 radical (unpaired) electrons. The van der Waals surface area contributed by atoms with Crippen LogP contribution in [0.4, 0.5) is 0 Å². The summed E-state index contributed by atoms with van der Waals surface area (Å²) in [6.45, 7) is 7.36. The molecule has 0 unspecified atom stereocenters.